The average Bonchev–Trinajstić information content (AvgIpc) is 2.94. The van der Waals surface area contributed by atoms with E-state index in [9.17, 15) is 13.2 Å². The largest absolute Gasteiger partial charge is 0.339 e. The third-order valence-electron chi connectivity index (χ3n) is 5.32. The van der Waals surface area contributed by atoms with Crippen molar-refractivity contribution < 1.29 is 13.2 Å². The molecule has 28 heavy (non-hydrogen) atoms. The van der Waals surface area contributed by atoms with E-state index in [2.05, 4.69) is 22.0 Å². The molecule has 2 aliphatic heterocycles. The fraction of sp³-hybridized carbons (Fsp3) is 0.300. The highest BCUT2D eigenvalue weighted by atomic mass is 32.2. The Labute approximate surface area is 164 Å². The molecule has 2 N–H and O–H groups in total. The second-order valence-corrected chi connectivity index (χ2v) is 8.67. The van der Waals surface area contributed by atoms with Crippen LogP contribution in [0, 0.1) is 0 Å². The van der Waals surface area contributed by atoms with Gasteiger partial charge in [0.25, 0.3) is 15.9 Å². The maximum absolute atomic E-state index is 12.8. The van der Waals surface area contributed by atoms with Gasteiger partial charge in [-0.2, -0.15) is 8.42 Å². The first-order chi connectivity index (χ1) is 13.4. The Kier molecular flexibility index (Phi) is 4.68. The van der Waals surface area contributed by atoms with Gasteiger partial charge in [0.15, 0.2) is 5.84 Å². The average molecular weight is 398 g/mol. The zero-order valence-electron chi connectivity index (χ0n) is 15.7. The molecular weight excluding hydrogens is 376 g/mol. The Morgan fingerprint density at radius 2 is 1.86 bits per heavy atom. The van der Waals surface area contributed by atoms with Crippen molar-refractivity contribution in [3.8, 4) is 0 Å². The minimum absolute atomic E-state index is 0.00136. The number of carbonyl (C=O) groups is 1. The van der Waals surface area contributed by atoms with E-state index in [1.807, 2.05) is 11.8 Å². The molecule has 2 heterocycles. The van der Waals surface area contributed by atoms with E-state index in [1.165, 1.54) is 0 Å². The van der Waals surface area contributed by atoms with E-state index in [0.29, 0.717) is 29.2 Å². The van der Waals surface area contributed by atoms with Gasteiger partial charge >= 0.3 is 0 Å². The molecule has 4 rings (SSSR count). The molecule has 0 saturated carbocycles. The van der Waals surface area contributed by atoms with Crippen molar-refractivity contribution in [2.75, 3.05) is 18.4 Å². The van der Waals surface area contributed by atoms with Crippen LogP contribution in [0.15, 0.2) is 57.8 Å². The highest BCUT2D eigenvalue weighted by Gasteiger charge is 2.30. The number of hydrogen-bond acceptors (Lipinski definition) is 5. The topological polar surface area (TPSA) is 90.9 Å². The first kappa shape index (κ1) is 18.6. The quantitative estimate of drug-likeness (QED) is 0.808. The van der Waals surface area contributed by atoms with Crippen LogP contribution in [-0.4, -0.2) is 50.2 Å². The summed E-state index contributed by atoms with van der Waals surface area (Å²) in [5.41, 5.74) is 1.82. The van der Waals surface area contributed by atoms with Gasteiger partial charge in [-0.05, 0) is 50.2 Å². The van der Waals surface area contributed by atoms with E-state index in [1.54, 1.807) is 48.5 Å². The second kappa shape index (κ2) is 7.03. The van der Waals surface area contributed by atoms with Gasteiger partial charge in [-0.3, -0.25) is 4.79 Å². The SMILES string of the molecule is CC1NCCN(C(=O)c2ccc(NC3=NS(=O)(=O)c4ccccc43)cc2)C1C. The number of benzene rings is 2. The molecule has 2 unspecified atom stereocenters. The minimum atomic E-state index is -3.66. The molecule has 0 spiro atoms. The van der Waals surface area contributed by atoms with Gasteiger partial charge in [0, 0.05) is 42.0 Å². The molecule has 1 saturated heterocycles. The molecule has 0 aliphatic carbocycles. The summed E-state index contributed by atoms with van der Waals surface area (Å²) in [6, 6.07) is 14.1. The number of anilines is 1. The van der Waals surface area contributed by atoms with Gasteiger partial charge in [0.1, 0.15) is 4.90 Å². The van der Waals surface area contributed by atoms with Crippen LogP contribution in [0.1, 0.15) is 29.8 Å². The Bertz CT molecular complexity index is 1050. The summed E-state index contributed by atoms with van der Waals surface area (Å²) in [4.78, 5) is 14.9. The molecule has 2 atom stereocenters. The Morgan fingerprint density at radius 1 is 1.14 bits per heavy atom. The fourth-order valence-electron chi connectivity index (χ4n) is 3.54. The monoisotopic (exact) mass is 398 g/mol. The van der Waals surface area contributed by atoms with E-state index >= 15 is 0 Å². The molecule has 2 aromatic rings. The zero-order valence-corrected chi connectivity index (χ0v) is 16.5. The molecule has 7 nitrogen and oxygen atoms in total. The lowest BCUT2D eigenvalue weighted by atomic mass is 10.1. The van der Waals surface area contributed by atoms with Gasteiger partial charge < -0.3 is 15.5 Å². The number of amidine groups is 1. The zero-order chi connectivity index (χ0) is 19.9. The summed E-state index contributed by atoms with van der Waals surface area (Å²) >= 11 is 0. The number of rotatable bonds is 2. The number of nitrogens with zero attached hydrogens (tertiary/aromatic N) is 2. The lowest BCUT2D eigenvalue weighted by molar-refractivity contribution is 0.0603. The molecule has 2 aromatic carbocycles. The van der Waals surface area contributed by atoms with Gasteiger partial charge in [0.2, 0.25) is 0 Å². The van der Waals surface area contributed by atoms with Crippen molar-refractivity contribution in [3.05, 3.63) is 59.7 Å². The number of piperazine rings is 1. The molecular formula is C20H22N4O3S. The van der Waals surface area contributed by atoms with E-state index in [-0.39, 0.29) is 22.9 Å². The summed E-state index contributed by atoms with van der Waals surface area (Å²) in [7, 11) is -3.66. The van der Waals surface area contributed by atoms with Crippen LogP contribution in [0.3, 0.4) is 0 Å². The molecule has 0 aromatic heterocycles. The van der Waals surface area contributed by atoms with Crippen LogP contribution in [0.4, 0.5) is 5.69 Å². The number of fused-ring (bicyclic) bond motifs is 1. The van der Waals surface area contributed by atoms with Crippen molar-refractivity contribution in [3.63, 3.8) is 0 Å². The summed E-state index contributed by atoms with van der Waals surface area (Å²) in [5, 5.41) is 6.42. The summed E-state index contributed by atoms with van der Waals surface area (Å²) in [6.45, 7) is 5.58. The molecule has 2 aliphatic rings. The fourth-order valence-corrected chi connectivity index (χ4v) is 4.71. The number of carbonyl (C=O) groups excluding carboxylic acids is 1. The maximum Gasteiger partial charge on any atom is 0.285 e. The van der Waals surface area contributed by atoms with Crippen molar-refractivity contribution in [2.24, 2.45) is 4.40 Å². The summed E-state index contributed by atoms with van der Waals surface area (Å²) < 4.78 is 28.1. The summed E-state index contributed by atoms with van der Waals surface area (Å²) in [5.74, 6) is 0.290. The number of sulfonamides is 1. The third kappa shape index (κ3) is 3.29. The number of nitrogens with one attached hydrogen (secondary N) is 2. The molecule has 0 bridgehead atoms. The van der Waals surface area contributed by atoms with Gasteiger partial charge in [-0.1, -0.05) is 12.1 Å². The van der Waals surface area contributed by atoms with Crippen LogP contribution < -0.4 is 10.6 Å². The van der Waals surface area contributed by atoms with Crippen molar-refractivity contribution in [1.29, 1.82) is 0 Å². The van der Waals surface area contributed by atoms with Crippen molar-refractivity contribution >= 4 is 27.5 Å². The van der Waals surface area contributed by atoms with Crippen LogP contribution in [0.25, 0.3) is 0 Å². The highest BCUT2D eigenvalue weighted by molar-refractivity contribution is 7.90. The Morgan fingerprint density at radius 3 is 2.61 bits per heavy atom. The maximum atomic E-state index is 12.8. The van der Waals surface area contributed by atoms with Gasteiger partial charge in [0.05, 0.1) is 0 Å². The van der Waals surface area contributed by atoms with Crippen LogP contribution in [0.5, 0.6) is 0 Å². The molecule has 1 fully saturated rings. The highest BCUT2D eigenvalue weighted by Crippen LogP contribution is 2.27. The van der Waals surface area contributed by atoms with E-state index in [4.69, 9.17) is 0 Å². The van der Waals surface area contributed by atoms with E-state index < -0.39 is 10.0 Å². The summed E-state index contributed by atoms with van der Waals surface area (Å²) in [6.07, 6.45) is 0. The van der Waals surface area contributed by atoms with Crippen LogP contribution >= 0.6 is 0 Å². The second-order valence-electron chi connectivity index (χ2n) is 7.10. The predicted octanol–water partition coefficient (Wildman–Crippen LogP) is 2.07. The molecule has 1 amide bonds. The number of amides is 1. The number of hydrogen-bond donors (Lipinski definition) is 2. The van der Waals surface area contributed by atoms with Crippen LogP contribution in [0.2, 0.25) is 0 Å². The van der Waals surface area contributed by atoms with Gasteiger partial charge in [-0.25, -0.2) is 0 Å². The molecule has 8 heteroatoms. The van der Waals surface area contributed by atoms with Gasteiger partial charge in [-0.15, -0.1) is 4.40 Å². The van der Waals surface area contributed by atoms with Crippen LogP contribution in [-0.2, 0) is 10.0 Å². The third-order valence-corrected chi connectivity index (χ3v) is 6.66. The molecule has 0 radical (unpaired) electrons. The first-order valence-electron chi connectivity index (χ1n) is 9.22. The smallest absolute Gasteiger partial charge is 0.285 e. The lowest BCUT2D eigenvalue weighted by Crippen LogP contribution is -2.57. The van der Waals surface area contributed by atoms with Crippen molar-refractivity contribution in [1.82, 2.24) is 10.2 Å². The Hall–Kier alpha value is -2.71. The minimum Gasteiger partial charge on any atom is -0.339 e. The van der Waals surface area contributed by atoms with Crippen molar-refractivity contribution in [2.45, 2.75) is 30.8 Å². The Balaban J connectivity index is 1.53. The van der Waals surface area contributed by atoms with E-state index in [0.717, 1.165) is 6.54 Å². The predicted molar refractivity (Wildman–Crippen MR) is 108 cm³/mol. The first-order valence-corrected chi connectivity index (χ1v) is 10.7. The molecule has 146 valence electrons. The normalized spacial score (nSPS) is 23.1. The standard InChI is InChI=1S/C20H22N4O3S/c1-13-14(2)24(12-11-21-13)20(25)15-7-9-16(10-8-15)22-19-17-5-3-4-6-18(17)28(26,27)23-19/h3-10,13-14,21H,11-12H2,1-2H3,(H,22,23). The lowest BCUT2D eigenvalue weighted by Gasteiger charge is -2.38.